The molecule has 21 heavy (non-hydrogen) atoms. The van der Waals surface area contributed by atoms with Gasteiger partial charge in [-0.15, -0.1) is 0 Å². The van der Waals surface area contributed by atoms with Gasteiger partial charge in [-0.25, -0.2) is 4.39 Å². The molecule has 0 aromatic heterocycles. The number of anilines is 1. The Hall–Kier alpha value is -2.64. The van der Waals surface area contributed by atoms with Gasteiger partial charge in [0.1, 0.15) is 12.4 Å². The van der Waals surface area contributed by atoms with E-state index in [4.69, 9.17) is 5.11 Å². The Labute approximate surface area is 122 Å². The molecule has 0 aliphatic carbocycles. The Morgan fingerprint density at radius 1 is 1.29 bits per heavy atom. The van der Waals surface area contributed by atoms with Crippen molar-refractivity contribution in [2.45, 2.75) is 6.92 Å². The van der Waals surface area contributed by atoms with E-state index in [0.29, 0.717) is 11.3 Å². The number of amides is 1. The van der Waals surface area contributed by atoms with Crippen LogP contribution < -0.4 is 5.32 Å². The summed E-state index contributed by atoms with van der Waals surface area (Å²) in [7, 11) is 0. The second-order valence-corrected chi connectivity index (χ2v) is 4.47. The summed E-state index contributed by atoms with van der Waals surface area (Å²) in [5.41, 5.74) is 2.35. The minimum Gasteiger partial charge on any atom is -0.384 e. The Morgan fingerprint density at radius 2 is 2.10 bits per heavy atom. The first kappa shape index (κ1) is 14.8. The van der Waals surface area contributed by atoms with Gasteiger partial charge >= 0.3 is 0 Å². The van der Waals surface area contributed by atoms with Crippen LogP contribution in [0.25, 0.3) is 0 Å². The quantitative estimate of drug-likeness (QED) is 0.833. The third kappa shape index (κ3) is 3.91. The van der Waals surface area contributed by atoms with Crippen LogP contribution in [0.5, 0.6) is 0 Å². The molecule has 3 nitrogen and oxygen atoms in total. The second kappa shape index (κ2) is 6.69. The molecule has 0 radical (unpaired) electrons. The van der Waals surface area contributed by atoms with E-state index in [9.17, 15) is 9.18 Å². The van der Waals surface area contributed by atoms with E-state index in [1.54, 1.807) is 6.07 Å². The summed E-state index contributed by atoms with van der Waals surface area (Å²) in [6.07, 6.45) is 0. The molecule has 0 atom stereocenters. The number of nitrogens with one attached hydrogen (secondary N) is 1. The number of hydrogen-bond donors (Lipinski definition) is 2. The first-order valence-corrected chi connectivity index (χ1v) is 6.37. The summed E-state index contributed by atoms with van der Waals surface area (Å²) in [6, 6.07) is 10.8. The van der Waals surface area contributed by atoms with E-state index in [1.165, 1.54) is 24.3 Å². The van der Waals surface area contributed by atoms with Crippen LogP contribution in [0.2, 0.25) is 0 Å². The maximum atomic E-state index is 13.1. The smallest absolute Gasteiger partial charge is 0.255 e. The number of carbonyl (C=O) groups is 1. The molecule has 2 aromatic carbocycles. The van der Waals surface area contributed by atoms with E-state index in [2.05, 4.69) is 17.2 Å². The number of benzene rings is 2. The van der Waals surface area contributed by atoms with Crippen molar-refractivity contribution in [3.63, 3.8) is 0 Å². The van der Waals surface area contributed by atoms with Gasteiger partial charge in [0, 0.05) is 11.1 Å². The van der Waals surface area contributed by atoms with Crippen LogP contribution in [0.4, 0.5) is 10.1 Å². The van der Waals surface area contributed by atoms with Crippen LogP contribution in [-0.2, 0) is 0 Å². The average Bonchev–Trinajstić information content (AvgIpc) is 2.47. The van der Waals surface area contributed by atoms with Crippen LogP contribution in [-0.4, -0.2) is 17.6 Å². The fraction of sp³-hybridized carbons (Fsp3) is 0.118. The Morgan fingerprint density at radius 3 is 2.81 bits per heavy atom. The molecular formula is C17H14FNO2. The number of halogens is 1. The van der Waals surface area contributed by atoms with Crippen molar-refractivity contribution in [1.82, 2.24) is 0 Å². The van der Waals surface area contributed by atoms with Crippen LogP contribution in [0.3, 0.4) is 0 Å². The first-order chi connectivity index (χ1) is 10.1. The van der Waals surface area contributed by atoms with Gasteiger partial charge in [-0.2, -0.15) is 0 Å². The molecule has 0 spiro atoms. The summed E-state index contributed by atoms with van der Waals surface area (Å²) in [5, 5.41) is 11.5. The lowest BCUT2D eigenvalue weighted by molar-refractivity contribution is 0.102. The van der Waals surface area contributed by atoms with Crippen LogP contribution in [0.1, 0.15) is 21.5 Å². The summed E-state index contributed by atoms with van der Waals surface area (Å²) in [6.45, 7) is 1.65. The maximum Gasteiger partial charge on any atom is 0.255 e. The summed E-state index contributed by atoms with van der Waals surface area (Å²) in [5.74, 6) is 4.45. The zero-order valence-corrected chi connectivity index (χ0v) is 11.5. The average molecular weight is 283 g/mol. The van der Waals surface area contributed by atoms with Crippen molar-refractivity contribution < 1.29 is 14.3 Å². The highest BCUT2D eigenvalue weighted by Crippen LogP contribution is 2.17. The minimum atomic E-state index is -0.466. The van der Waals surface area contributed by atoms with E-state index in [0.717, 1.165) is 5.56 Å². The molecule has 0 bridgehead atoms. The van der Waals surface area contributed by atoms with Crippen LogP contribution in [0.15, 0.2) is 42.5 Å². The van der Waals surface area contributed by atoms with Gasteiger partial charge in [0.15, 0.2) is 0 Å². The molecule has 0 heterocycles. The third-order valence-corrected chi connectivity index (χ3v) is 2.81. The normalized spacial score (nSPS) is 9.67. The van der Waals surface area contributed by atoms with Crippen molar-refractivity contribution in [2.24, 2.45) is 0 Å². The van der Waals surface area contributed by atoms with E-state index in [1.807, 2.05) is 19.1 Å². The molecule has 0 saturated carbocycles. The molecule has 2 N–H and O–H groups in total. The van der Waals surface area contributed by atoms with Crippen molar-refractivity contribution in [1.29, 1.82) is 0 Å². The van der Waals surface area contributed by atoms with E-state index in [-0.39, 0.29) is 12.2 Å². The zero-order valence-electron chi connectivity index (χ0n) is 11.5. The fourth-order valence-corrected chi connectivity index (χ4v) is 1.83. The highest BCUT2D eigenvalue weighted by molar-refractivity contribution is 6.04. The lowest BCUT2D eigenvalue weighted by Crippen LogP contribution is -2.13. The predicted molar refractivity (Wildman–Crippen MR) is 79.5 cm³/mol. The predicted octanol–water partition coefficient (Wildman–Crippen LogP) is 2.73. The van der Waals surface area contributed by atoms with Gasteiger partial charge in [0.2, 0.25) is 0 Å². The molecule has 2 rings (SSSR count). The first-order valence-electron chi connectivity index (χ1n) is 6.37. The molecule has 0 saturated heterocycles. The number of hydrogen-bond acceptors (Lipinski definition) is 2. The highest BCUT2D eigenvalue weighted by Gasteiger charge is 2.09. The number of aliphatic hydroxyl groups excluding tert-OH is 1. The van der Waals surface area contributed by atoms with Gasteiger partial charge in [0.05, 0.1) is 5.69 Å². The standard InChI is InChI=1S/C17H14FNO2/c1-12-7-8-16(13(10-12)5-3-9-20)19-17(21)14-4-2-6-15(18)11-14/h2,4,6-8,10-11,20H,9H2,1H3,(H,19,21). The molecule has 4 heteroatoms. The van der Waals surface area contributed by atoms with E-state index >= 15 is 0 Å². The van der Waals surface area contributed by atoms with Crippen molar-refractivity contribution >= 4 is 11.6 Å². The molecule has 106 valence electrons. The topological polar surface area (TPSA) is 49.3 Å². The lowest BCUT2D eigenvalue weighted by atomic mass is 10.1. The Kier molecular flexibility index (Phi) is 4.70. The largest absolute Gasteiger partial charge is 0.384 e. The van der Waals surface area contributed by atoms with Crippen molar-refractivity contribution in [3.05, 3.63) is 65.0 Å². The molecule has 2 aromatic rings. The van der Waals surface area contributed by atoms with Gasteiger partial charge in [-0.3, -0.25) is 4.79 Å². The van der Waals surface area contributed by atoms with E-state index < -0.39 is 11.7 Å². The Bertz CT molecular complexity index is 729. The number of aryl methyl sites for hydroxylation is 1. The molecule has 1 amide bonds. The Balaban J connectivity index is 2.29. The molecular weight excluding hydrogens is 269 g/mol. The van der Waals surface area contributed by atoms with Gasteiger partial charge in [-0.1, -0.05) is 24.0 Å². The monoisotopic (exact) mass is 283 g/mol. The number of aliphatic hydroxyl groups is 1. The third-order valence-electron chi connectivity index (χ3n) is 2.81. The van der Waals surface area contributed by atoms with Crippen LogP contribution >= 0.6 is 0 Å². The fourth-order valence-electron chi connectivity index (χ4n) is 1.83. The molecule has 0 fully saturated rings. The summed E-state index contributed by atoms with van der Waals surface area (Å²) in [4.78, 5) is 12.1. The molecule has 0 unspecified atom stereocenters. The van der Waals surface area contributed by atoms with Crippen molar-refractivity contribution in [3.8, 4) is 11.8 Å². The van der Waals surface area contributed by atoms with Crippen molar-refractivity contribution in [2.75, 3.05) is 11.9 Å². The van der Waals surface area contributed by atoms with Gasteiger partial charge < -0.3 is 10.4 Å². The number of carbonyl (C=O) groups excluding carboxylic acids is 1. The van der Waals surface area contributed by atoms with Gasteiger partial charge in [0.25, 0.3) is 5.91 Å². The second-order valence-electron chi connectivity index (χ2n) is 4.47. The molecule has 0 aliphatic heterocycles. The maximum absolute atomic E-state index is 13.1. The number of rotatable bonds is 2. The zero-order chi connectivity index (χ0) is 15.2. The van der Waals surface area contributed by atoms with Crippen LogP contribution in [0, 0.1) is 24.6 Å². The summed E-state index contributed by atoms with van der Waals surface area (Å²) < 4.78 is 13.1. The summed E-state index contributed by atoms with van der Waals surface area (Å²) >= 11 is 0. The minimum absolute atomic E-state index is 0.233. The highest BCUT2D eigenvalue weighted by atomic mass is 19.1. The SMILES string of the molecule is Cc1ccc(NC(=O)c2cccc(F)c2)c(C#CCO)c1. The lowest BCUT2D eigenvalue weighted by Gasteiger charge is -2.08. The molecule has 0 aliphatic rings. The van der Waals surface area contributed by atoms with Gasteiger partial charge in [-0.05, 0) is 42.8 Å².